The largest absolute Gasteiger partial charge is 0.491 e. The van der Waals surface area contributed by atoms with E-state index in [-0.39, 0.29) is 6.10 Å². The van der Waals surface area contributed by atoms with Crippen molar-refractivity contribution in [3.8, 4) is 5.75 Å². The lowest BCUT2D eigenvalue weighted by atomic mass is 10.1. The average molecular weight is 264 g/mol. The van der Waals surface area contributed by atoms with E-state index in [1.165, 1.54) is 0 Å². The Labute approximate surface area is 115 Å². The summed E-state index contributed by atoms with van der Waals surface area (Å²) in [6, 6.07) is 5.78. The second kappa shape index (κ2) is 6.66. The Kier molecular flexibility index (Phi) is 4.91. The third-order valence-corrected chi connectivity index (χ3v) is 3.70. The number of nitrogen functional groups attached to an aromatic ring is 1. The minimum absolute atomic E-state index is 0.173. The lowest BCUT2D eigenvalue weighted by Gasteiger charge is -2.18. The van der Waals surface area contributed by atoms with Gasteiger partial charge in [-0.1, -0.05) is 19.4 Å². The molecular weight excluding hydrogens is 240 g/mol. The number of nitrogens with two attached hydrogens (primary N) is 1. The smallest absolute Gasteiger partial charge is 0.144 e. The van der Waals surface area contributed by atoms with Crippen LogP contribution in [0.3, 0.4) is 0 Å². The first-order chi connectivity index (χ1) is 9.22. The molecule has 1 fully saturated rings. The van der Waals surface area contributed by atoms with E-state index in [1.807, 2.05) is 18.2 Å². The third kappa shape index (κ3) is 3.53. The minimum Gasteiger partial charge on any atom is -0.491 e. The van der Waals surface area contributed by atoms with Gasteiger partial charge >= 0.3 is 0 Å². The molecule has 19 heavy (non-hydrogen) atoms. The summed E-state index contributed by atoms with van der Waals surface area (Å²) in [6.45, 7) is 3.51. The van der Waals surface area contributed by atoms with Crippen molar-refractivity contribution in [2.45, 2.75) is 38.7 Å². The number of nitrogens with one attached hydrogen (secondary N) is 1. The SMILES string of the molecule is CCCOc1cccc(NCC2CCCC2O)c1N. The van der Waals surface area contributed by atoms with E-state index >= 15 is 0 Å². The van der Waals surface area contributed by atoms with Crippen LogP contribution in [0.2, 0.25) is 0 Å². The fraction of sp³-hybridized carbons (Fsp3) is 0.600. The molecule has 0 spiro atoms. The number of hydrogen-bond acceptors (Lipinski definition) is 4. The van der Waals surface area contributed by atoms with Crippen LogP contribution in [0.5, 0.6) is 5.75 Å². The molecule has 0 radical (unpaired) electrons. The van der Waals surface area contributed by atoms with Crippen molar-refractivity contribution in [3.63, 3.8) is 0 Å². The van der Waals surface area contributed by atoms with Crippen molar-refractivity contribution in [2.75, 3.05) is 24.2 Å². The molecule has 0 aromatic heterocycles. The van der Waals surface area contributed by atoms with Crippen LogP contribution in [0.15, 0.2) is 18.2 Å². The first-order valence-corrected chi connectivity index (χ1v) is 7.15. The highest BCUT2D eigenvalue weighted by Gasteiger charge is 2.24. The van der Waals surface area contributed by atoms with Crippen LogP contribution in [-0.2, 0) is 0 Å². The summed E-state index contributed by atoms with van der Waals surface area (Å²) >= 11 is 0. The van der Waals surface area contributed by atoms with Crippen LogP contribution >= 0.6 is 0 Å². The molecule has 0 amide bonds. The summed E-state index contributed by atoms with van der Waals surface area (Å²) in [6.07, 6.45) is 3.91. The molecule has 2 rings (SSSR count). The minimum atomic E-state index is -0.173. The van der Waals surface area contributed by atoms with Crippen molar-refractivity contribution < 1.29 is 9.84 Å². The van der Waals surface area contributed by atoms with Crippen molar-refractivity contribution in [1.29, 1.82) is 0 Å². The number of ether oxygens (including phenoxy) is 1. The zero-order valence-electron chi connectivity index (χ0n) is 11.6. The maximum atomic E-state index is 9.81. The maximum Gasteiger partial charge on any atom is 0.144 e. The number of hydrogen-bond donors (Lipinski definition) is 3. The lowest BCUT2D eigenvalue weighted by molar-refractivity contribution is 0.138. The van der Waals surface area contributed by atoms with Gasteiger partial charge in [0.15, 0.2) is 0 Å². The number of anilines is 2. The molecule has 0 heterocycles. The predicted octanol–water partition coefficient (Wildman–Crippen LogP) is 2.63. The van der Waals surface area contributed by atoms with Gasteiger partial charge in [0.2, 0.25) is 0 Å². The van der Waals surface area contributed by atoms with Gasteiger partial charge in [-0.15, -0.1) is 0 Å². The zero-order chi connectivity index (χ0) is 13.7. The quantitative estimate of drug-likeness (QED) is 0.691. The number of para-hydroxylation sites is 1. The summed E-state index contributed by atoms with van der Waals surface area (Å²) in [4.78, 5) is 0. The molecule has 1 aliphatic carbocycles. The predicted molar refractivity (Wildman–Crippen MR) is 78.5 cm³/mol. The second-order valence-electron chi connectivity index (χ2n) is 5.21. The highest BCUT2D eigenvalue weighted by atomic mass is 16.5. The fourth-order valence-electron chi connectivity index (χ4n) is 2.53. The molecule has 0 bridgehead atoms. The van der Waals surface area contributed by atoms with Crippen LogP contribution in [0.25, 0.3) is 0 Å². The summed E-state index contributed by atoms with van der Waals surface area (Å²) in [5, 5.41) is 13.1. The Bertz CT molecular complexity index is 409. The first kappa shape index (κ1) is 14.0. The van der Waals surface area contributed by atoms with E-state index < -0.39 is 0 Å². The summed E-state index contributed by atoms with van der Waals surface area (Å²) < 4.78 is 5.61. The Balaban J connectivity index is 1.96. The fourth-order valence-corrected chi connectivity index (χ4v) is 2.53. The molecule has 2 unspecified atom stereocenters. The van der Waals surface area contributed by atoms with Crippen molar-refractivity contribution in [3.05, 3.63) is 18.2 Å². The maximum absolute atomic E-state index is 9.81. The highest BCUT2D eigenvalue weighted by molar-refractivity contribution is 5.72. The lowest BCUT2D eigenvalue weighted by Crippen LogP contribution is -2.22. The molecule has 0 saturated heterocycles. The molecule has 1 aromatic carbocycles. The van der Waals surface area contributed by atoms with Crippen LogP contribution in [-0.4, -0.2) is 24.4 Å². The molecule has 2 atom stereocenters. The van der Waals surface area contributed by atoms with E-state index in [0.717, 1.165) is 43.7 Å². The first-order valence-electron chi connectivity index (χ1n) is 7.15. The number of aliphatic hydroxyl groups is 1. The summed E-state index contributed by atoms with van der Waals surface area (Å²) in [5.41, 5.74) is 7.65. The molecule has 106 valence electrons. The third-order valence-electron chi connectivity index (χ3n) is 3.70. The number of aliphatic hydroxyl groups excluding tert-OH is 1. The Morgan fingerprint density at radius 2 is 2.26 bits per heavy atom. The van der Waals surface area contributed by atoms with E-state index in [0.29, 0.717) is 18.2 Å². The Morgan fingerprint density at radius 3 is 2.95 bits per heavy atom. The van der Waals surface area contributed by atoms with Crippen molar-refractivity contribution >= 4 is 11.4 Å². The monoisotopic (exact) mass is 264 g/mol. The standard InChI is InChI=1S/C15H24N2O2/c1-2-9-19-14-8-4-6-12(15(14)16)17-10-11-5-3-7-13(11)18/h4,6,8,11,13,17-18H,2-3,5,7,9-10,16H2,1H3. The van der Waals surface area contributed by atoms with E-state index in [4.69, 9.17) is 10.5 Å². The van der Waals surface area contributed by atoms with E-state index in [9.17, 15) is 5.11 Å². The summed E-state index contributed by atoms with van der Waals surface area (Å²) in [7, 11) is 0. The van der Waals surface area contributed by atoms with Gasteiger partial charge in [0.25, 0.3) is 0 Å². The van der Waals surface area contributed by atoms with E-state index in [2.05, 4.69) is 12.2 Å². The average Bonchev–Trinajstić information content (AvgIpc) is 2.82. The van der Waals surface area contributed by atoms with Gasteiger partial charge in [0.1, 0.15) is 5.75 Å². The number of rotatable bonds is 6. The molecule has 1 saturated carbocycles. The topological polar surface area (TPSA) is 67.5 Å². The van der Waals surface area contributed by atoms with Crippen LogP contribution in [0.4, 0.5) is 11.4 Å². The van der Waals surface area contributed by atoms with Gasteiger partial charge in [-0.3, -0.25) is 0 Å². The Morgan fingerprint density at radius 1 is 1.42 bits per heavy atom. The molecule has 4 N–H and O–H groups in total. The molecule has 1 aliphatic rings. The molecular formula is C15H24N2O2. The number of benzene rings is 1. The van der Waals surface area contributed by atoms with Crippen LogP contribution in [0.1, 0.15) is 32.6 Å². The van der Waals surface area contributed by atoms with Gasteiger partial charge in [0, 0.05) is 12.5 Å². The molecule has 1 aromatic rings. The summed E-state index contributed by atoms with van der Waals surface area (Å²) in [5.74, 6) is 1.07. The van der Waals surface area contributed by atoms with Gasteiger partial charge < -0.3 is 20.9 Å². The van der Waals surface area contributed by atoms with Gasteiger partial charge in [-0.05, 0) is 31.4 Å². The van der Waals surface area contributed by atoms with Crippen LogP contribution < -0.4 is 15.8 Å². The second-order valence-corrected chi connectivity index (χ2v) is 5.21. The highest BCUT2D eigenvalue weighted by Crippen LogP contribution is 2.31. The van der Waals surface area contributed by atoms with Crippen molar-refractivity contribution in [2.24, 2.45) is 5.92 Å². The van der Waals surface area contributed by atoms with Crippen LogP contribution in [0, 0.1) is 5.92 Å². The van der Waals surface area contributed by atoms with Crippen molar-refractivity contribution in [1.82, 2.24) is 0 Å². The molecule has 4 nitrogen and oxygen atoms in total. The van der Waals surface area contributed by atoms with Gasteiger partial charge in [0.05, 0.1) is 24.1 Å². The molecule has 4 heteroatoms. The van der Waals surface area contributed by atoms with Gasteiger partial charge in [-0.25, -0.2) is 0 Å². The van der Waals surface area contributed by atoms with Gasteiger partial charge in [-0.2, -0.15) is 0 Å². The zero-order valence-corrected chi connectivity index (χ0v) is 11.6. The molecule has 0 aliphatic heterocycles. The Hall–Kier alpha value is -1.42. The normalized spacial score (nSPS) is 22.4. The van der Waals surface area contributed by atoms with E-state index in [1.54, 1.807) is 0 Å².